The highest BCUT2D eigenvalue weighted by molar-refractivity contribution is 4.94. The molecule has 0 aromatic rings. The van der Waals surface area contributed by atoms with Crippen LogP contribution in [0.3, 0.4) is 0 Å². The van der Waals surface area contributed by atoms with Crippen molar-refractivity contribution in [3.63, 3.8) is 0 Å². The molecule has 1 atom stereocenters. The van der Waals surface area contributed by atoms with Gasteiger partial charge in [-0.15, -0.1) is 0 Å². The summed E-state index contributed by atoms with van der Waals surface area (Å²) >= 11 is 0. The second-order valence-electron chi connectivity index (χ2n) is 5.76. The van der Waals surface area contributed by atoms with Crippen LogP contribution in [-0.2, 0) is 9.47 Å². The van der Waals surface area contributed by atoms with Crippen molar-refractivity contribution in [2.24, 2.45) is 5.41 Å². The highest BCUT2D eigenvalue weighted by Crippen LogP contribution is 2.48. The number of rotatable bonds is 8. The van der Waals surface area contributed by atoms with Crippen molar-refractivity contribution in [1.29, 1.82) is 0 Å². The van der Waals surface area contributed by atoms with Crippen molar-refractivity contribution in [2.45, 2.75) is 32.3 Å². The summed E-state index contributed by atoms with van der Waals surface area (Å²) in [5, 5.41) is 3.60. The summed E-state index contributed by atoms with van der Waals surface area (Å²) in [6.07, 6.45) is 4.28. The standard InChI is InChI=1S/C14H28N2O2/c1-3-16-7-9-18-13(11-16)10-15-12-14(4-5-14)6-8-17-2/h13,15H,3-12H2,1-2H3. The van der Waals surface area contributed by atoms with Gasteiger partial charge in [0.15, 0.2) is 0 Å². The van der Waals surface area contributed by atoms with Crippen molar-refractivity contribution in [1.82, 2.24) is 10.2 Å². The number of likely N-dealkylation sites (N-methyl/N-ethyl adjacent to an activating group) is 1. The molecule has 0 spiro atoms. The van der Waals surface area contributed by atoms with Gasteiger partial charge in [-0.1, -0.05) is 6.92 Å². The summed E-state index contributed by atoms with van der Waals surface area (Å²) in [6, 6.07) is 0. The van der Waals surface area contributed by atoms with Gasteiger partial charge in [-0.05, 0) is 31.2 Å². The van der Waals surface area contributed by atoms with Crippen LogP contribution in [0.1, 0.15) is 26.2 Å². The largest absolute Gasteiger partial charge is 0.385 e. The number of morpholine rings is 1. The van der Waals surface area contributed by atoms with Gasteiger partial charge in [0.05, 0.1) is 12.7 Å². The van der Waals surface area contributed by atoms with Crippen molar-refractivity contribution in [3.05, 3.63) is 0 Å². The molecule has 1 heterocycles. The Balaban J connectivity index is 1.60. The molecular formula is C14H28N2O2. The van der Waals surface area contributed by atoms with Gasteiger partial charge in [0, 0.05) is 39.9 Å². The van der Waals surface area contributed by atoms with Crippen LogP contribution in [0.15, 0.2) is 0 Å². The zero-order valence-electron chi connectivity index (χ0n) is 11.9. The molecule has 4 heteroatoms. The van der Waals surface area contributed by atoms with E-state index in [1.807, 2.05) is 0 Å². The molecule has 2 aliphatic rings. The van der Waals surface area contributed by atoms with Gasteiger partial charge in [0.2, 0.25) is 0 Å². The van der Waals surface area contributed by atoms with Crippen LogP contribution in [-0.4, -0.2) is 64.1 Å². The van der Waals surface area contributed by atoms with Crippen molar-refractivity contribution >= 4 is 0 Å². The van der Waals surface area contributed by atoms with Crippen LogP contribution in [0.25, 0.3) is 0 Å². The Hall–Kier alpha value is -0.160. The predicted molar refractivity (Wildman–Crippen MR) is 72.9 cm³/mol. The SMILES string of the molecule is CCN1CCOC(CNCC2(CCOC)CC2)C1. The Morgan fingerprint density at radius 3 is 2.94 bits per heavy atom. The Morgan fingerprint density at radius 2 is 2.28 bits per heavy atom. The average molecular weight is 256 g/mol. The number of nitrogens with zero attached hydrogens (tertiary/aromatic N) is 1. The molecule has 0 amide bonds. The molecule has 1 N–H and O–H groups in total. The first-order chi connectivity index (χ1) is 8.78. The summed E-state index contributed by atoms with van der Waals surface area (Å²) in [5.74, 6) is 0. The first-order valence-electron chi connectivity index (χ1n) is 7.31. The smallest absolute Gasteiger partial charge is 0.0826 e. The maximum Gasteiger partial charge on any atom is 0.0826 e. The molecular weight excluding hydrogens is 228 g/mol. The summed E-state index contributed by atoms with van der Waals surface area (Å²) in [4.78, 5) is 2.47. The lowest BCUT2D eigenvalue weighted by Gasteiger charge is -2.32. The zero-order chi connectivity index (χ0) is 12.8. The molecule has 0 radical (unpaired) electrons. The minimum Gasteiger partial charge on any atom is -0.385 e. The molecule has 0 aromatic carbocycles. The van der Waals surface area contributed by atoms with E-state index in [0.717, 1.165) is 45.9 Å². The molecule has 1 saturated heterocycles. The van der Waals surface area contributed by atoms with Gasteiger partial charge < -0.3 is 14.8 Å². The number of hydrogen-bond acceptors (Lipinski definition) is 4. The molecule has 0 bridgehead atoms. The quantitative estimate of drug-likeness (QED) is 0.705. The van der Waals surface area contributed by atoms with Crippen LogP contribution >= 0.6 is 0 Å². The Kier molecular flexibility index (Phi) is 5.42. The van der Waals surface area contributed by atoms with E-state index in [0.29, 0.717) is 11.5 Å². The van der Waals surface area contributed by atoms with Crippen LogP contribution in [0.4, 0.5) is 0 Å². The van der Waals surface area contributed by atoms with Crippen molar-refractivity contribution < 1.29 is 9.47 Å². The normalized spacial score (nSPS) is 27.3. The topological polar surface area (TPSA) is 33.7 Å². The van der Waals surface area contributed by atoms with Crippen LogP contribution in [0.2, 0.25) is 0 Å². The van der Waals surface area contributed by atoms with Crippen molar-refractivity contribution in [2.75, 3.05) is 53.0 Å². The summed E-state index contributed by atoms with van der Waals surface area (Å²) in [7, 11) is 1.79. The highest BCUT2D eigenvalue weighted by atomic mass is 16.5. The van der Waals surface area contributed by atoms with Gasteiger partial charge in [0.1, 0.15) is 0 Å². The molecule has 1 unspecified atom stereocenters. The lowest BCUT2D eigenvalue weighted by atomic mass is 10.0. The van der Waals surface area contributed by atoms with Crippen LogP contribution in [0, 0.1) is 5.41 Å². The van der Waals surface area contributed by atoms with E-state index in [1.54, 1.807) is 7.11 Å². The Labute approximate surface area is 111 Å². The molecule has 2 rings (SSSR count). The predicted octanol–water partition coefficient (Wildman–Crippen LogP) is 1.11. The molecule has 0 aromatic heterocycles. The monoisotopic (exact) mass is 256 g/mol. The number of methoxy groups -OCH3 is 1. The third-order valence-electron chi connectivity index (χ3n) is 4.34. The van der Waals surface area contributed by atoms with E-state index in [2.05, 4.69) is 17.1 Å². The lowest BCUT2D eigenvalue weighted by molar-refractivity contribution is -0.0257. The first-order valence-corrected chi connectivity index (χ1v) is 7.31. The molecule has 18 heavy (non-hydrogen) atoms. The second kappa shape index (κ2) is 6.85. The zero-order valence-corrected chi connectivity index (χ0v) is 11.9. The third kappa shape index (κ3) is 4.19. The molecule has 1 saturated carbocycles. The van der Waals surface area contributed by atoms with E-state index in [9.17, 15) is 0 Å². The number of hydrogen-bond donors (Lipinski definition) is 1. The van der Waals surface area contributed by atoms with Crippen LogP contribution in [0.5, 0.6) is 0 Å². The molecule has 1 aliphatic carbocycles. The molecule has 1 aliphatic heterocycles. The summed E-state index contributed by atoms with van der Waals surface area (Å²) < 4.78 is 11.0. The van der Waals surface area contributed by atoms with Gasteiger partial charge in [-0.3, -0.25) is 4.90 Å². The minimum absolute atomic E-state index is 0.372. The van der Waals surface area contributed by atoms with E-state index < -0.39 is 0 Å². The average Bonchev–Trinajstić information content (AvgIpc) is 3.17. The van der Waals surface area contributed by atoms with Crippen molar-refractivity contribution in [3.8, 4) is 0 Å². The van der Waals surface area contributed by atoms with E-state index in [1.165, 1.54) is 19.3 Å². The third-order valence-corrected chi connectivity index (χ3v) is 4.34. The fraction of sp³-hybridized carbons (Fsp3) is 1.00. The van der Waals surface area contributed by atoms with Crippen LogP contribution < -0.4 is 5.32 Å². The highest BCUT2D eigenvalue weighted by Gasteiger charge is 2.41. The number of ether oxygens (including phenoxy) is 2. The summed E-state index contributed by atoms with van der Waals surface area (Å²) in [5.41, 5.74) is 0.537. The van der Waals surface area contributed by atoms with E-state index in [4.69, 9.17) is 9.47 Å². The fourth-order valence-corrected chi connectivity index (χ4v) is 2.70. The van der Waals surface area contributed by atoms with E-state index >= 15 is 0 Å². The molecule has 4 nitrogen and oxygen atoms in total. The Morgan fingerprint density at radius 1 is 1.44 bits per heavy atom. The van der Waals surface area contributed by atoms with Gasteiger partial charge >= 0.3 is 0 Å². The lowest BCUT2D eigenvalue weighted by Crippen LogP contribution is -2.47. The molecule has 106 valence electrons. The minimum atomic E-state index is 0.372. The van der Waals surface area contributed by atoms with Gasteiger partial charge in [-0.25, -0.2) is 0 Å². The van der Waals surface area contributed by atoms with Gasteiger partial charge in [0.25, 0.3) is 0 Å². The number of nitrogens with one attached hydrogen (secondary N) is 1. The van der Waals surface area contributed by atoms with E-state index in [-0.39, 0.29) is 0 Å². The van der Waals surface area contributed by atoms with Gasteiger partial charge in [-0.2, -0.15) is 0 Å². The molecule has 2 fully saturated rings. The summed E-state index contributed by atoms with van der Waals surface area (Å²) in [6.45, 7) is 9.42. The fourth-order valence-electron chi connectivity index (χ4n) is 2.70. The first kappa shape index (κ1) is 14.3. The second-order valence-corrected chi connectivity index (χ2v) is 5.76. The maximum atomic E-state index is 5.80. The maximum absolute atomic E-state index is 5.80. The Bertz CT molecular complexity index is 244.